The van der Waals surface area contributed by atoms with Gasteiger partial charge in [0.05, 0.1) is 51.2 Å². The van der Waals surface area contributed by atoms with Crippen LogP contribution in [0.15, 0.2) is 189 Å². The van der Waals surface area contributed by atoms with Crippen LogP contribution in [0.3, 0.4) is 0 Å². The van der Waals surface area contributed by atoms with Gasteiger partial charge in [-0.3, -0.25) is 9.97 Å². The number of hydrogen-bond donors (Lipinski definition) is 1. The van der Waals surface area contributed by atoms with Crippen LogP contribution in [0.5, 0.6) is 0 Å². The van der Waals surface area contributed by atoms with Crippen LogP contribution in [-0.2, 0) is 0 Å². The fourth-order valence-corrected chi connectivity index (χ4v) is 9.93. The molecule has 12 aromatic rings. The second kappa shape index (κ2) is 21.5. The molecule has 0 saturated carbocycles. The summed E-state index contributed by atoms with van der Waals surface area (Å²) in [6.45, 7) is 6.63. The second-order valence-electron chi connectivity index (χ2n) is 18.5. The molecule has 14 rings (SSSR count). The molecule has 1 N–H and O–H groups in total. The lowest BCUT2D eigenvalue weighted by molar-refractivity contribution is 0.596. The van der Waals surface area contributed by atoms with E-state index in [0.29, 0.717) is 21.7 Å². The summed E-state index contributed by atoms with van der Waals surface area (Å²) >= 11 is 12.2. The molecule has 2 aliphatic heterocycles. The van der Waals surface area contributed by atoms with Crippen molar-refractivity contribution in [1.82, 2.24) is 39.9 Å². The molecule has 76 heavy (non-hydrogen) atoms. The van der Waals surface area contributed by atoms with Gasteiger partial charge in [0.15, 0.2) is 11.0 Å². The minimum atomic E-state index is -0.164. The number of nitrogens with zero attached hydrogens (tertiary/aromatic N) is 12. The molecular formula is C60H48Cl2FN13. The Morgan fingerprint density at radius 1 is 0.395 bits per heavy atom. The highest BCUT2D eigenvalue weighted by Gasteiger charge is 2.22. The Morgan fingerprint density at radius 3 is 1.29 bits per heavy atom. The predicted molar refractivity (Wildman–Crippen MR) is 308 cm³/mol. The molecule has 0 unspecified atom stereocenters. The molecule has 16 heteroatoms. The van der Waals surface area contributed by atoms with Crippen LogP contribution in [0.4, 0.5) is 39.2 Å². The van der Waals surface area contributed by atoms with Crippen LogP contribution >= 0.6 is 23.2 Å². The SMILES string of the molecule is Clc1ccc(Nc2nc3cc4ccccc4cc3nc2Cl)cc1.Fc1ccccc1N1CCN(c2cnc3cc4ccccc4cc3n2)CC1.c1cnc(N2CCN(c3cnc4cc5ccccc5cc4n3)CC2)nc1. The van der Waals surface area contributed by atoms with E-state index >= 15 is 0 Å². The van der Waals surface area contributed by atoms with Crippen molar-refractivity contribution in [3.63, 3.8) is 0 Å². The molecule has 6 heterocycles. The fraction of sp³-hybridized carbons (Fsp3) is 0.133. The summed E-state index contributed by atoms with van der Waals surface area (Å²) in [5.74, 6) is 2.97. The molecule has 2 saturated heterocycles. The molecule has 374 valence electrons. The van der Waals surface area contributed by atoms with Gasteiger partial charge in [-0.1, -0.05) is 108 Å². The van der Waals surface area contributed by atoms with Crippen molar-refractivity contribution >= 4 is 123 Å². The summed E-state index contributed by atoms with van der Waals surface area (Å²) in [5, 5.41) is 11.1. The molecule has 8 aromatic carbocycles. The van der Waals surface area contributed by atoms with E-state index in [0.717, 1.165) is 120 Å². The number of piperazine rings is 2. The van der Waals surface area contributed by atoms with Gasteiger partial charge in [-0.2, -0.15) is 0 Å². The number of nitrogens with one attached hydrogen (secondary N) is 1. The van der Waals surface area contributed by atoms with Gasteiger partial charge in [0.1, 0.15) is 17.5 Å². The summed E-state index contributed by atoms with van der Waals surface area (Å²) in [7, 11) is 0. The third kappa shape index (κ3) is 10.6. The largest absolute Gasteiger partial charge is 0.366 e. The van der Waals surface area contributed by atoms with Crippen molar-refractivity contribution in [1.29, 1.82) is 0 Å². The lowest BCUT2D eigenvalue weighted by Crippen LogP contribution is -2.47. The quantitative estimate of drug-likeness (QED) is 0.159. The maximum atomic E-state index is 14.0. The number of fused-ring (bicyclic) bond motifs is 6. The number of anilines is 6. The highest BCUT2D eigenvalue weighted by atomic mass is 35.5. The molecule has 0 atom stereocenters. The number of halogens is 3. The van der Waals surface area contributed by atoms with E-state index in [1.807, 2.05) is 91.3 Å². The maximum Gasteiger partial charge on any atom is 0.225 e. The Labute approximate surface area is 447 Å². The molecular weight excluding hydrogens is 993 g/mol. The second-order valence-corrected chi connectivity index (χ2v) is 19.3. The number of hydrogen-bond acceptors (Lipinski definition) is 13. The first-order valence-electron chi connectivity index (χ1n) is 25.0. The molecule has 2 aliphatic rings. The van der Waals surface area contributed by atoms with Gasteiger partial charge in [0.25, 0.3) is 0 Å². The Balaban J connectivity index is 0.000000115. The third-order valence-electron chi connectivity index (χ3n) is 13.6. The van der Waals surface area contributed by atoms with Gasteiger partial charge in [0, 0.05) is 75.5 Å². The van der Waals surface area contributed by atoms with Gasteiger partial charge in [-0.25, -0.2) is 34.3 Å². The summed E-state index contributed by atoms with van der Waals surface area (Å²) in [6.07, 6.45) is 7.29. The molecule has 0 aliphatic carbocycles. The summed E-state index contributed by atoms with van der Waals surface area (Å²) in [5.41, 5.74) is 6.78. The van der Waals surface area contributed by atoms with Gasteiger partial charge < -0.3 is 24.9 Å². The monoisotopic (exact) mass is 1040 g/mol. The predicted octanol–water partition coefficient (Wildman–Crippen LogP) is 13.0. The first-order chi connectivity index (χ1) is 37.3. The molecule has 13 nitrogen and oxygen atoms in total. The number of para-hydroxylation sites is 1. The van der Waals surface area contributed by atoms with Gasteiger partial charge in [-0.05, 0) is 111 Å². The van der Waals surface area contributed by atoms with Crippen molar-refractivity contribution in [3.05, 3.63) is 205 Å². The molecule has 0 radical (unpaired) electrons. The Bertz CT molecular complexity index is 4030. The minimum Gasteiger partial charge on any atom is -0.366 e. The zero-order valence-electron chi connectivity index (χ0n) is 41.1. The Morgan fingerprint density at radius 2 is 0.803 bits per heavy atom. The van der Waals surface area contributed by atoms with E-state index < -0.39 is 0 Å². The average molecular weight is 1040 g/mol. The van der Waals surface area contributed by atoms with Crippen molar-refractivity contribution < 1.29 is 4.39 Å². The number of rotatable bonds is 6. The van der Waals surface area contributed by atoms with Crippen molar-refractivity contribution in [2.24, 2.45) is 0 Å². The maximum absolute atomic E-state index is 14.0. The van der Waals surface area contributed by atoms with E-state index in [2.05, 4.69) is 115 Å². The normalized spacial score (nSPS) is 13.7. The van der Waals surface area contributed by atoms with Gasteiger partial charge >= 0.3 is 0 Å². The smallest absolute Gasteiger partial charge is 0.225 e. The first kappa shape index (κ1) is 48.1. The number of aromatic nitrogens is 8. The lowest BCUT2D eigenvalue weighted by atomic mass is 10.1. The molecule has 2 fully saturated rings. The zero-order valence-corrected chi connectivity index (χ0v) is 42.6. The van der Waals surface area contributed by atoms with E-state index in [-0.39, 0.29) is 5.82 Å². The van der Waals surface area contributed by atoms with E-state index in [9.17, 15) is 4.39 Å². The molecule has 4 aromatic heterocycles. The topological polar surface area (TPSA) is 128 Å². The lowest BCUT2D eigenvalue weighted by Gasteiger charge is -2.36. The summed E-state index contributed by atoms with van der Waals surface area (Å²) < 4.78 is 14.0. The van der Waals surface area contributed by atoms with Crippen LogP contribution < -0.4 is 24.9 Å². The van der Waals surface area contributed by atoms with E-state index in [1.165, 1.54) is 27.6 Å². The van der Waals surface area contributed by atoms with Crippen LogP contribution in [0.1, 0.15) is 0 Å². The van der Waals surface area contributed by atoms with Gasteiger partial charge in [-0.15, -0.1) is 0 Å². The average Bonchev–Trinajstić information content (AvgIpc) is 3.47. The van der Waals surface area contributed by atoms with Crippen LogP contribution in [0.25, 0.3) is 65.4 Å². The van der Waals surface area contributed by atoms with Gasteiger partial charge in [0.2, 0.25) is 5.95 Å². The Kier molecular flexibility index (Phi) is 13.6. The molecule has 0 spiro atoms. The van der Waals surface area contributed by atoms with E-state index in [1.54, 1.807) is 30.6 Å². The van der Waals surface area contributed by atoms with Crippen molar-refractivity contribution in [2.75, 3.05) is 77.3 Å². The van der Waals surface area contributed by atoms with E-state index in [4.69, 9.17) is 33.2 Å². The van der Waals surface area contributed by atoms with Crippen molar-refractivity contribution in [3.8, 4) is 0 Å². The summed E-state index contributed by atoms with van der Waals surface area (Å²) in [4.78, 5) is 45.5. The molecule has 0 bridgehead atoms. The Hall–Kier alpha value is -8.85. The summed E-state index contributed by atoms with van der Waals surface area (Å²) in [6, 6.07) is 53.2. The standard InChI is InChI=1S/C22H19FN4.C20H18N6.C18H11Cl2N3/c23-18-7-3-4-8-21(18)26-9-11-27(12-10-26)22-15-24-19-13-16-5-1-2-6-17(16)14-20(19)25-22;1-2-5-16-13-18-17(12-15(16)4-1)23-14-19(24-18)25-8-10-26(11-9-25)20-21-6-3-7-22-20;19-13-5-7-14(8-6-13)21-18-17(20)22-15-9-11-3-1-2-4-12(11)10-16(15)23-18/h1-8,13-15H,9-12H2;1-7,12-14H,8-11H2;1-10H,(H,21,23). The first-order valence-corrected chi connectivity index (χ1v) is 25.8. The zero-order chi connectivity index (χ0) is 51.4. The molecule has 0 amide bonds. The van der Waals surface area contributed by atoms with Crippen LogP contribution in [0, 0.1) is 5.82 Å². The minimum absolute atomic E-state index is 0.164. The van der Waals surface area contributed by atoms with Crippen molar-refractivity contribution in [2.45, 2.75) is 0 Å². The highest BCUT2D eigenvalue weighted by Crippen LogP contribution is 2.30. The van der Waals surface area contributed by atoms with Crippen LogP contribution in [-0.4, -0.2) is 92.2 Å². The highest BCUT2D eigenvalue weighted by molar-refractivity contribution is 6.32. The van der Waals surface area contributed by atoms with Crippen LogP contribution in [0.2, 0.25) is 10.2 Å². The fourth-order valence-electron chi connectivity index (χ4n) is 9.63. The third-order valence-corrected chi connectivity index (χ3v) is 14.1. The number of benzene rings is 8.